The van der Waals surface area contributed by atoms with Crippen LogP contribution in [0.4, 0.5) is 11.4 Å². The van der Waals surface area contributed by atoms with Crippen molar-refractivity contribution in [2.24, 2.45) is 14.1 Å². The lowest BCUT2D eigenvalue weighted by Gasteiger charge is -2.13. The fourth-order valence-electron chi connectivity index (χ4n) is 2.82. The van der Waals surface area contributed by atoms with Crippen LogP contribution in [0.15, 0.2) is 39.9 Å². The highest BCUT2D eigenvalue weighted by molar-refractivity contribution is 6.07. The Kier molecular flexibility index (Phi) is 5.18. The van der Waals surface area contributed by atoms with Gasteiger partial charge in [-0.1, -0.05) is 0 Å². The summed E-state index contributed by atoms with van der Waals surface area (Å²) in [6.45, 7) is 1.35. The van der Waals surface area contributed by atoms with Crippen LogP contribution in [-0.4, -0.2) is 33.0 Å². The normalized spacial score (nSPS) is 10.6. The lowest BCUT2D eigenvalue weighted by Crippen LogP contribution is -2.37. The number of ether oxygens (including phenoxy) is 1. The molecule has 2 aromatic heterocycles. The number of nitrogens with one attached hydrogen (secondary N) is 2. The van der Waals surface area contributed by atoms with Crippen molar-refractivity contribution in [1.82, 2.24) is 14.1 Å². The first-order chi connectivity index (χ1) is 13.7. The van der Waals surface area contributed by atoms with Crippen molar-refractivity contribution in [3.8, 4) is 5.75 Å². The smallest absolute Gasteiger partial charge is 0.332 e. The van der Waals surface area contributed by atoms with E-state index in [2.05, 4.69) is 15.6 Å². The molecule has 0 aliphatic carbocycles. The first kappa shape index (κ1) is 19.8. The van der Waals surface area contributed by atoms with Gasteiger partial charge < -0.3 is 15.4 Å². The van der Waals surface area contributed by atoms with Gasteiger partial charge in [0.1, 0.15) is 17.1 Å². The monoisotopic (exact) mass is 397 g/mol. The zero-order valence-electron chi connectivity index (χ0n) is 16.3. The fourth-order valence-corrected chi connectivity index (χ4v) is 2.82. The van der Waals surface area contributed by atoms with Gasteiger partial charge in [-0.15, -0.1) is 0 Å². The summed E-state index contributed by atoms with van der Waals surface area (Å²) in [5, 5.41) is 5.50. The van der Waals surface area contributed by atoms with E-state index in [1.165, 1.54) is 44.8 Å². The summed E-state index contributed by atoms with van der Waals surface area (Å²) in [4.78, 5) is 52.7. The molecule has 0 bridgehead atoms. The second-order valence-electron chi connectivity index (χ2n) is 6.32. The molecule has 0 saturated heterocycles. The molecular formula is C19H19N5O5. The number of carbonyl (C=O) groups excluding carboxylic acids is 2. The number of methoxy groups -OCH3 is 1. The number of fused-ring (bicyclic) bond motifs is 1. The Hall–Kier alpha value is -3.95. The number of aryl methyl sites for hydroxylation is 1. The fraction of sp³-hybridized carbons (Fsp3) is 0.211. The number of carbonyl (C=O) groups is 2. The molecule has 0 spiro atoms. The SMILES string of the molecule is COc1ccc(NC(C)=O)c(NC(=O)c2ccc3c(=O)n(C)c(=O)n(C)c3n2)c1. The summed E-state index contributed by atoms with van der Waals surface area (Å²) in [6.07, 6.45) is 0. The second kappa shape index (κ2) is 7.58. The Morgan fingerprint density at radius 1 is 1.00 bits per heavy atom. The molecule has 2 amide bonds. The van der Waals surface area contributed by atoms with Crippen molar-refractivity contribution in [2.45, 2.75) is 6.92 Å². The highest BCUT2D eigenvalue weighted by Gasteiger charge is 2.16. The summed E-state index contributed by atoms with van der Waals surface area (Å²) in [5.74, 6) is -0.410. The number of nitrogens with zero attached hydrogens (tertiary/aromatic N) is 3. The largest absolute Gasteiger partial charge is 0.497 e. The highest BCUT2D eigenvalue weighted by atomic mass is 16.5. The number of rotatable bonds is 4. The Labute approximate surface area is 164 Å². The molecule has 10 nitrogen and oxygen atoms in total. The number of benzene rings is 1. The van der Waals surface area contributed by atoms with Crippen LogP contribution in [0.3, 0.4) is 0 Å². The Morgan fingerprint density at radius 3 is 2.38 bits per heavy atom. The molecule has 0 saturated carbocycles. The number of pyridine rings is 1. The van der Waals surface area contributed by atoms with E-state index >= 15 is 0 Å². The van der Waals surface area contributed by atoms with E-state index in [-0.39, 0.29) is 22.6 Å². The quantitative estimate of drug-likeness (QED) is 0.673. The van der Waals surface area contributed by atoms with Gasteiger partial charge in [0.25, 0.3) is 11.5 Å². The average molecular weight is 397 g/mol. The molecule has 0 aliphatic heterocycles. The maximum Gasteiger partial charge on any atom is 0.332 e. The first-order valence-electron chi connectivity index (χ1n) is 8.56. The number of hydrogen-bond acceptors (Lipinski definition) is 6. The third kappa shape index (κ3) is 3.72. The molecule has 150 valence electrons. The van der Waals surface area contributed by atoms with Gasteiger partial charge in [0, 0.05) is 27.1 Å². The number of amides is 2. The van der Waals surface area contributed by atoms with E-state index in [0.29, 0.717) is 17.1 Å². The standard InChI is InChI=1S/C19H19N5O5/c1-10(25)20-13-7-5-11(29-4)9-15(13)22-17(26)14-8-6-12-16(21-14)23(2)19(28)24(3)18(12)27/h5-9H,1-4H3,(H,20,25)(H,22,26). The van der Waals surface area contributed by atoms with Crippen molar-refractivity contribution in [2.75, 3.05) is 17.7 Å². The molecule has 3 rings (SSSR count). The Bertz CT molecular complexity index is 1260. The van der Waals surface area contributed by atoms with Crippen LogP contribution in [0.1, 0.15) is 17.4 Å². The third-order valence-corrected chi connectivity index (χ3v) is 4.32. The molecule has 0 fully saturated rings. The van der Waals surface area contributed by atoms with Crippen LogP contribution in [0.25, 0.3) is 11.0 Å². The van der Waals surface area contributed by atoms with E-state index in [1.54, 1.807) is 18.2 Å². The van der Waals surface area contributed by atoms with E-state index in [4.69, 9.17) is 4.74 Å². The molecule has 0 unspecified atom stereocenters. The van der Waals surface area contributed by atoms with Gasteiger partial charge in [-0.3, -0.25) is 23.5 Å². The predicted octanol–water partition coefficient (Wildman–Crippen LogP) is 0.851. The van der Waals surface area contributed by atoms with Crippen LogP contribution in [0.5, 0.6) is 5.75 Å². The van der Waals surface area contributed by atoms with Gasteiger partial charge in [-0.2, -0.15) is 0 Å². The molecule has 3 aromatic rings. The van der Waals surface area contributed by atoms with E-state index < -0.39 is 17.2 Å². The number of hydrogen-bond donors (Lipinski definition) is 2. The molecule has 0 radical (unpaired) electrons. The van der Waals surface area contributed by atoms with Gasteiger partial charge in [0.15, 0.2) is 0 Å². The molecule has 2 N–H and O–H groups in total. The molecule has 0 atom stereocenters. The lowest BCUT2D eigenvalue weighted by molar-refractivity contribution is -0.114. The van der Waals surface area contributed by atoms with Crippen LogP contribution < -0.4 is 26.6 Å². The molecule has 29 heavy (non-hydrogen) atoms. The zero-order valence-corrected chi connectivity index (χ0v) is 16.3. The van der Waals surface area contributed by atoms with Gasteiger partial charge in [0.2, 0.25) is 5.91 Å². The second-order valence-corrected chi connectivity index (χ2v) is 6.32. The molecule has 0 aliphatic rings. The first-order valence-corrected chi connectivity index (χ1v) is 8.56. The Morgan fingerprint density at radius 2 is 1.72 bits per heavy atom. The number of anilines is 2. The summed E-state index contributed by atoms with van der Waals surface area (Å²) in [7, 11) is 4.32. The summed E-state index contributed by atoms with van der Waals surface area (Å²) in [6, 6.07) is 7.62. The minimum atomic E-state index is -0.583. The van der Waals surface area contributed by atoms with Crippen LogP contribution in [0, 0.1) is 0 Å². The maximum atomic E-state index is 12.7. The van der Waals surface area contributed by atoms with Gasteiger partial charge in [-0.05, 0) is 24.3 Å². The average Bonchev–Trinajstić information content (AvgIpc) is 2.71. The molecule has 2 heterocycles. The molecular weight excluding hydrogens is 378 g/mol. The minimum Gasteiger partial charge on any atom is -0.497 e. The lowest BCUT2D eigenvalue weighted by atomic mass is 10.2. The predicted molar refractivity (Wildman–Crippen MR) is 107 cm³/mol. The van der Waals surface area contributed by atoms with Crippen LogP contribution >= 0.6 is 0 Å². The van der Waals surface area contributed by atoms with Crippen molar-refractivity contribution in [1.29, 1.82) is 0 Å². The Balaban J connectivity index is 2.04. The summed E-state index contributed by atoms with van der Waals surface area (Å²) < 4.78 is 7.33. The van der Waals surface area contributed by atoms with Gasteiger partial charge in [-0.25, -0.2) is 9.78 Å². The molecule has 1 aromatic carbocycles. The van der Waals surface area contributed by atoms with E-state index in [9.17, 15) is 19.2 Å². The van der Waals surface area contributed by atoms with Crippen molar-refractivity contribution in [3.63, 3.8) is 0 Å². The third-order valence-electron chi connectivity index (χ3n) is 4.32. The topological polar surface area (TPSA) is 124 Å². The van der Waals surface area contributed by atoms with Gasteiger partial charge >= 0.3 is 5.69 Å². The highest BCUT2D eigenvalue weighted by Crippen LogP contribution is 2.27. The van der Waals surface area contributed by atoms with E-state index in [0.717, 1.165) is 4.57 Å². The minimum absolute atomic E-state index is 0.00246. The molecule has 10 heteroatoms. The van der Waals surface area contributed by atoms with Gasteiger partial charge in [0.05, 0.1) is 23.9 Å². The van der Waals surface area contributed by atoms with E-state index in [1.807, 2.05) is 0 Å². The van der Waals surface area contributed by atoms with Crippen LogP contribution in [-0.2, 0) is 18.9 Å². The van der Waals surface area contributed by atoms with Crippen molar-refractivity contribution >= 4 is 34.2 Å². The van der Waals surface area contributed by atoms with Crippen molar-refractivity contribution in [3.05, 3.63) is 56.9 Å². The zero-order chi connectivity index (χ0) is 21.3. The summed E-state index contributed by atoms with van der Waals surface area (Å²) >= 11 is 0. The van der Waals surface area contributed by atoms with Crippen molar-refractivity contribution < 1.29 is 14.3 Å². The number of aromatic nitrogens is 3. The van der Waals surface area contributed by atoms with Crippen LogP contribution in [0.2, 0.25) is 0 Å². The maximum absolute atomic E-state index is 12.7. The summed E-state index contributed by atoms with van der Waals surface area (Å²) in [5.41, 5.74) is -0.259.